The van der Waals surface area contributed by atoms with E-state index in [1.165, 1.54) is 5.56 Å². The summed E-state index contributed by atoms with van der Waals surface area (Å²) in [4.78, 5) is 11.9. The number of ether oxygens (including phenoxy) is 2. The standard InChI is InChI=1S/C20H26N2O3/c1-3-16-6-4-5-7-19(16)21-13-12-20(23)22-14-15-25-18-10-8-17(24-2)9-11-18/h4-11,21H,3,12-15H2,1-2H3,(H,22,23). The molecule has 25 heavy (non-hydrogen) atoms. The molecule has 0 aromatic heterocycles. The Hall–Kier alpha value is -2.69. The number of carbonyl (C=O) groups is 1. The molecule has 2 rings (SSSR count). The zero-order chi connectivity index (χ0) is 17.9. The maximum absolute atomic E-state index is 11.9. The number of anilines is 1. The SMILES string of the molecule is CCc1ccccc1NCCC(=O)NCCOc1ccc(OC)cc1. The molecule has 0 atom stereocenters. The molecule has 0 unspecified atom stereocenters. The number of aryl methyl sites for hydroxylation is 1. The van der Waals surface area contributed by atoms with Gasteiger partial charge in [0.25, 0.3) is 0 Å². The van der Waals surface area contributed by atoms with Crippen molar-refractivity contribution in [3.05, 3.63) is 54.1 Å². The minimum absolute atomic E-state index is 0.0137. The van der Waals surface area contributed by atoms with Crippen molar-refractivity contribution < 1.29 is 14.3 Å². The van der Waals surface area contributed by atoms with Crippen LogP contribution in [0.3, 0.4) is 0 Å². The van der Waals surface area contributed by atoms with Gasteiger partial charge in [-0.1, -0.05) is 25.1 Å². The second-order valence-electron chi connectivity index (χ2n) is 5.56. The summed E-state index contributed by atoms with van der Waals surface area (Å²) < 4.78 is 10.7. The lowest BCUT2D eigenvalue weighted by Crippen LogP contribution is -2.29. The Kier molecular flexibility index (Phi) is 7.63. The van der Waals surface area contributed by atoms with Gasteiger partial charge in [0.15, 0.2) is 0 Å². The van der Waals surface area contributed by atoms with Crippen LogP contribution in [0.5, 0.6) is 11.5 Å². The van der Waals surface area contributed by atoms with Gasteiger partial charge in [0.05, 0.1) is 13.7 Å². The van der Waals surface area contributed by atoms with Crippen molar-refractivity contribution in [2.24, 2.45) is 0 Å². The highest BCUT2D eigenvalue weighted by atomic mass is 16.5. The second-order valence-corrected chi connectivity index (χ2v) is 5.56. The molecule has 0 heterocycles. The molecule has 0 fully saturated rings. The molecular formula is C20H26N2O3. The van der Waals surface area contributed by atoms with Crippen LogP contribution in [0, 0.1) is 0 Å². The molecule has 0 bridgehead atoms. The molecule has 0 radical (unpaired) electrons. The number of benzene rings is 2. The maximum Gasteiger partial charge on any atom is 0.221 e. The van der Waals surface area contributed by atoms with Gasteiger partial charge in [0.2, 0.25) is 5.91 Å². The van der Waals surface area contributed by atoms with E-state index >= 15 is 0 Å². The number of nitrogens with one attached hydrogen (secondary N) is 2. The molecule has 5 heteroatoms. The minimum atomic E-state index is 0.0137. The highest BCUT2D eigenvalue weighted by Gasteiger charge is 2.03. The van der Waals surface area contributed by atoms with Crippen molar-refractivity contribution >= 4 is 11.6 Å². The number of amides is 1. The number of rotatable bonds is 10. The lowest BCUT2D eigenvalue weighted by atomic mass is 10.1. The highest BCUT2D eigenvalue weighted by molar-refractivity contribution is 5.76. The Bertz CT molecular complexity index is 656. The fraction of sp³-hybridized carbons (Fsp3) is 0.350. The average Bonchev–Trinajstić information content (AvgIpc) is 2.66. The van der Waals surface area contributed by atoms with E-state index in [0.29, 0.717) is 26.1 Å². The summed E-state index contributed by atoms with van der Waals surface area (Å²) in [5.41, 5.74) is 2.36. The number of hydrogen-bond acceptors (Lipinski definition) is 4. The summed E-state index contributed by atoms with van der Waals surface area (Å²) >= 11 is 0. The first-order chi connectivity index (χ1) is 12.2. The van der Waals surface area contributed by atoms with Gasteiger partial charge in [-0.3, -0.25) is 4.79 Å². The number of methoxy groups -OCH3 is 1. The lowest BCUT2D eigenvalue weighted by Gasteiger charge is -2.11. The Morgan fingerprint density at radius 3 is 2.44 bits per heavy atom. The third kappa shape index (κ3) is 6.37. The zero-order valence-electron chi connectivity index (χ0n) is 14.9. The Morgan fingerprint density at radius 1 is 1.00 bits per heavy atom. The van der Waals surface area contributed by atoms with Gasteiger partial charge in [0.1, 0.15) is 18.1 Å². The molecule has 0 saturated heterocycles. The Morgan fingerprint density at radius 2 is 1.72 bits per heavy atom. The summed E-state index contributed by atoms with van der Waals surface area (Å²) in [6, 6.07) is 15.5. The first kappa shape index (κ1) is 18.6. The summed E-state index contributed by atoms with van der Waals surface area (Å²) in [6.07, 6.45) is 1.40. The fourth-order valence-corrected chi connectivity index (χ4v) is 2.43. The summed E-state index contributed by atoms with van der Waals surface area (Å²) in [5, 5.41) is 6.18. The van der Waals surface area contributed by atoms with Crippen molar-refractivity contribution in [1.82, 2.24) is 5.32 Å². The van der Waals surface area contributed by atoms with Crippen LogP contribution in [0.2, 0.25) is 0 Å². The Labute approximate surface area is 149 Å². The van der Waals surface area contributed by atoms with Crippen LogP contribution in [0.4, 0.5) is 5.69 Å². The molecule has 0 spiro atoms. The molecule has 0 aliphatic rings. The van der Waals surface area contributed by atoms with Gasteiger partial charge in [0, 0.05) is 18.7 Å². The number of para-hydroxylation sites is 1. The molecule has 0 saturated carbocycles. The molecule has 0 aliphatic heterocycles. The Balaban J connectivity index is 1.60. The molecular weight excluding hydrogens is 316 g/mol. The monoisotopic (exact) mass is 342 g/mol. The zero-order valence-corrected chi connectivity index (χ0v) is 14.9. The van der Waals surface area contributed by atoms with E-state index in [2.05, 4.69) is 23.6 Å². The van der Waals surface area contributed by atoms with Crippen LogP contribution >= 0.6 is 0 Å². The van der Waals surface area contributed by atoms with Crippen molar-refractivity contribution in [3.63, 3.8) is 0 Å². The second kappa shape index (κ2) is 10.2. The van der Waals surface area contributed by atoms with Crippen LogP contribution < -0.4 is 20.1 Å². The van der Waals surface area contributed by atoms with Gasteiger partial charge in [-0.05, 0) is 42.3 Å². The maximum atomic E-state index is 11.9. The van der Waals surface area contributed by atoms with E-state index in [1.54, 1.807) is 7.11 Å². The van der Waals surface area contributed by atoms with E-state index in [0.717, 1.165) is 23.6 Å². The smallest absolute Gasteiger partial charge is 0.221 e. The predicted molar refractivity (Wildman–Crippen MR) is 100 cm³/mol. The van der Waals surface area contributed by atoms with Gasteiger partial charge in [-0.25, -0.2) is 0 Å². The topological polar surface area (TPSA) is 59.6 Å². The van der Waals surface area contributed by atoms with E-state index in [9.17, 15) is 4.79 Å². The van der Waals surface area contributed by atoms with Gasteiger partial charge >= 0.3 is 0 Å². The quantitative estimate of drug-likeness (QED) is 0.651. The molecule has 5 nitrogen and oxygen atoms in total. The first-order valence-corrected chi connectivity index (χ1v) is 8.58. The van der Waals surface area contributed by atoms with Crippen LogP contribution in [-0.2, 0) is 11.2 Å². The van der Waals surface area contributed by atoms with Gasteiger partial charge in [-0.2, -0.15) is 0 Å². The van der Waals surface area contributed by atoms with Crippen molar-refractivity contribution in [2.45, 2.75) is 19.8 Å². The van der Waals surface area contributed by atoms with Crippen molar-refractivity contribution in [1.29, 1.82) is 0 Å². The largest absolute Gasteiger partial charge is 0.497 e. The van der Waals surface area contributed by atoms with Crippen LogP contribution in [-0.4, -0.2) is 32.7 Å². The van der Waals surface area contributed by atoms with E-state index < -0.39 is 0 Å². The van der Waals surface area contributed by atoms with Crippen molar-refractivity contribution in [3.8, 4) is 11.5 Å². The average molecular weight is 342 g/mol. The molecule has 0 aliphatic carbocycles. The highest BCUT2D eigenvalue weighted by Crippen LogP contribution is 2.17. The first-order valence-electron chi connectivity index (χ1n) is 8.58. The molecule has 2 N–H and O–H groups in total. The fourth-order valence-electron chi connectivity index (χ4n) is 2.43. The number of carbonyl (C=O) groups excluding carboxylic acids is 1. The third-order valence-electron chi connectivity index (χ3n) is 3.82. The normalized spacial score (nSPS) is 10.2. The number of hydrogen-bond donors (Lipinski definition) is 2. The van der Waals surface area contributed by atoms with E-state index in [1.807, 2.05) is 42.5 Å². The lowest BCUT2D eigenvalue weighted by molar-refractivity contribution is -0.120. The molecule has 2 aromatic rings. The predicted octanol–water partition coefficient (Wildman–Crippen LogP) is 3.25. The van der Waals surface area contributed by atoms with Crippen LogP contribution in [0.25, 0.3) is 0 Å². The van der Waals surface area contributed by atoms with E-state index in [-0.39, 0.29) is 5.91 Å². The molecule has 1 amide bonds. The summed E-state index contributed by atoms with van der Waals surface area (Å²) in [5.74, 6) is 1.56. The molecule has 2 aromatic carbocycles. The van der Waals surface area contributed by atoms with Crippen LogP contribution in [0.1, 0.15) is 18.9 Å². The third-order valence-corrected chi connectivity index (χ3v) is 3.82. The summed E-state index contributed by atoms with van der Waals surface area (Å²) in [6.45, 7) is 3.65. The van der Waals surface area contributed by atoms with Crippen LogP contribution in [0.15, 0.2) is 48.5 Å². The van der Waals surface area contributed by atoms with E-state index in [4.69, 9.17) is 9.47 Å². The minimum Gasteiger partial charge on any atom is -0.497 e. The van der Waals surface area contributed by atoms with Gasteiger partial charge in [-0.15, -0.1) is 0 Å². The van der Waals surface area contributed by atoms with Crippen molar-refractivity contribution in [2.75, 3.05) is 32.1 Å². The molecule has 134 valence electrons. The summed E-state index contributed by atoms with van der Waals surface area (Å²) in [7, 11) is 1.63. The van der Waals surface area contributed by atoms with Gasteiger partial charge < -0.3 is 20.1 Å².